The molecular weight excluding hydrogens is 581 g/mol. The molecule has 0 unspecified atom stereocenters. The molecule has 0 amide bonds. The van der Waals surface area contributed by atoms with Crippen LogP contribution < -0.4 is 4.90 Å². The summed E-state index contributed by atoms with van der Waals surface area (Å²) in [4.78, 5) is 1.93. The second kappa shape index (κ2) is 11.8. The van der Waals surface area contributed by atoms with Crippen molar-refractivity contribution in [3.8, 4) is 27.9 Å². The molecule has 0 aliphatic carbocycles. The average Bonchev–Trinajstić information content (AvgIpc) is 3.54. The van der Waals surface area contributed by atoms with E-state index < -0.39 is 0 Å². The summed E-state index contributed by atoms with van der Waals surface area (Å²) in [5, 5.41) is 4.14. The zero-order chi connectivity index (χ0) is 35.3. The van der Waals surface area contributed by atoms with Gasteiger partial charge < -0.3 is 9.47 Å². The third-order valence-corrected chi connectivity index (χ3v) is 9.05. The Morgan fingerprint density at radius 2 is 1.00 bits per heavy atom. The van der Waals surface area contributed by atoms with Crippen molar-refractivity contribution in [2.45, 2.75) is 0 Å². The lowest BCUT2D eigenvalue weighted by Gasteiger charge is -2.29. The fourth-order valence-electron chi connectivity index (χ4n) is 6.94. The lowest BCUT2D eigenvalue weighted by molar-refractivity contribution is 1.18. The van der Waals surface area contributed by atoms with Gasteiger partial charge in [-0.1, -0.05) is 146 Å². The number of hydrogen-bond donors (Lipinski definition) is 0. The van der Waals surface area contributed by atoms with E-state index in [9.17, 15) is 5.48 Å². The first-order chi connectivity index (χ1) is 25.5. The van der Waals surface area contributed by atoms with Gasteiger partial charge in [0.1, 0.15) is 0 Å². The predicted octanol–water partition coefficient (Wildman–Crippen LogP) is 12.7. The number of aromatic nitrogens is 1. The molecule has 0 aliphatic heterocycles. The topological polar surface area (TPSA) is 8.17 Å². The summed E-state index contributed by atoms with van der Waals surface area (Å²) in [7, 11) is 0. The van der Waals surface area contributed by atoms with Gasteiger partial charge in [-0.25, -0.2) is 0 Å². The molecule has 0 aliphatic rings. The number of benzene rings is 8. The molecular formula is C46H32N2. The molecule has 2 nitrogen and oxygen atoms in total. The molecule has 8 aromatic carbocycles. The first-order valence-electron chi connectivity index (χ1n) is 18.1. The lowest BCUT2D eigenvalue weighted by atomic mass is 9.96. The van der Waals surface area contributed by atoms with E-state index >= 15 is 0 Å². The first-order valence-corrected chi connectivity index (χ1v) is 16.1. The number of rotatable bonds is 6. The monoisotopic (exact) mass is 616 g/mol. The Balaban J connectivity index is 1.38. The molecule has 0 saturated heterocycles. The smallest absolute Gasteiger partial charge is 0.0645 e. The van der Waals surface area contributed by atoms with Gasteiger partial charge in [0, 0.05) is 33.1 Å². The minimum Gasteiger partial charge on any atom is -0.309 e. The van der Waals surface area contributed by atoms with E-state index in [1.165, 1.54) is 0 Å². The molecule has 0 spiro atoms. The third-order valence-electron chi connectivity index (χ3n) is 9.05. The number of hydrogen-bond acceptors (Lipinski definition) is 1. The Morgan fingerprint density at radius 1 is 0.417 bits per heavy atom. The highest BCUT2D eigenvalue weighted by Gasteiger charge is 2.22. The fourth-order valence-corrected chi connectivity index (χ4v) is 6.94. The SMILES string of the molecule is [2H]c1c([2H])c(N(c2ccccc2-c2cccc3c2c2ccccc2n3-c2ccccc2)c2cccc3ccccc23)c([2H])c([2H])c1-c1ccccc1. The van der Waals surface area contributed by atoms with Crippen LogP contribution in [0.15, 0.2) is 194 Å². The van der Waals surface area contributed by atoms with Crippen LogP contribution >= 0.6 is 0 Å². The molecule has 1 aromatic heterocycles. The highest BCUT2D eigenvalue weighted by molar-refractivity contribution is 6.17. The van der Waals surface area contributed by atoms with Crippen molar-refractivity contribution in [1.82, 2.24) is 4.57 Å². The van der Waals surface area contributed by atoms with Crippen molar-refractivity contribution in [2.24, 2.45) is 0 Å². The van der Waals surface area contributed by atoms with Gasteiger partial charge >= 0.3 is 0 Å². The Kier molecular flexibility index (Phi) is 5.85. The minimum atomic E-state index is -0.110. The predicted molar refractivity (Wildman–Crippen MR) is 204 cm³/mol. The van der Waals surface area contributed by atoms with Crippen LogP contribution in [-0.4, -0.2) is 4.57 Å². The van der Waals surface area contributed by atoms with Gasteiger partial charge in [0.05, 0.1) is 27.9 Å². The quantitative estimate of drug-likeness (QED) is 0.180. The van der Waals surface area contributed by atoms with Gasteiger partial charge in [-0.15, -0.1) is 0 Å². The lowest BCUT2D eigenvalue weighted by Crippen LogP contribution is -2.11. The molecule has 2 heteroatoms. The summed E-state index contributed by atoms with van der Waals surface area (Å²) in [5.41, 5.74) is 7.75. The van der Waals surface area contributed by atoms with E-state index in [-0.39, 0.29) is 35.4 Å². The molecule has 9 aromatic rings. The van der Waals surface area contributed by atoms with E-state index in [4.69, 9.17) is 0 Å². The molecule has 9 rings (SSSR count). The molecule has 0 atom stereocenters. The van der Waals surface area contributed by atoms with Crippen LogP contribution in [0.4, 0.5) is 17.1 Å². The van der Waals surface area contributed by atoms with Gasteiger partial charge in [0.2, 0.25) is 0 Å². The number of para-hydroxylation sites is 3. The molecule has 0 saturated carbocycles. The van der Waals surface area contributed by atoms with Crippen LogP contribution in [0.25, 0.3) is 60.5 Å². The molecule has 0 N–H and O–H groups in total. The van der Waals surface area contributed by atoms with Crippen LogP contribution in [0.3, 0.4) is 0 Å². The van der Waals surface area contributed by atoms with Crippen LogP contribution in [0.2, 0.25) is 0 Å². The molecule has 0 bridgehead atoms. The summed E-state index contributed by atoms with van der Waals surface area (Å²) in [5.74, 6) is 0. The molecule has 226 valence electrons. The van der Waals surface area contributed by atoms with Crippen molar-refractivity contribution in [1.29, 1.82) is 0 Å². The highest BCUT2D eigenvalue weighted by atomic mass is 15.1. The summed E-state index contributed by atoms with van der Waals surface area (Å²) in [6, 6.07) is 56.3. The normalized spacial score (nSPS) is 12.5. The van der Waals surface area contributed by atoms with Crippen molar-refractivity contribution in [3.05, 3.63) is 194 Å². The second-order valence-corrected chi connectivity index (χ2v) is 11.8. The maximum atomic E-state index is 9.54. The van der Waals surface area contributed by atoms with E-state index in [0.29, 0.717) is 5.56 Å². The van der Waals surface area contributed by atoms with Crippen LogP contribution in [-0.2, 0) is 0 Å². The van der Waals surface area contributed by atoms with Crippen LogP contribution in [0, 0.1) is 0 Å². The molecule has 1 heterocycles. The van der Waals surface area contributed by atoms with Crippen LogP contribution in [0.5, 0.6) is 0 Å². The maximum absolute atomic E-state index is 9.54. The van der Waals surface area contributed by atoms with E-state index in [1.807, 2.05) is 89.8 Å². The summed E-state index contributed by atoms with van der Waals surface area (Å²) >= 11 is 0. The maximum Gasteiger partial charge on any atom is 0.0645 e. The number of anilines is 3. The van der Waals surface area contributed by atoms with Crippen molar-refractivity contribution < 1.29 is 5.48 Å². The molecule has 48 heavy (non-hydrogen) atoms. The largest absolute Gasteiger partial charge is 0.309 e. The number of nitrogens with zero attached hydrogens (tertiary/aromatic N) is 2. The summed E-state index contributed by atoms with van der Waals surface area (Å²) < 4.78 is 39.9. The highest BCUT2D eigenvalue weighted by Crippen LogP contribution is 2.46. The first kappa shape index (κ1) is 23.9. The summed E-state index contributed by atoms with van der Waals surface area (Å²) in [6.07, 6.45) is 0. The zero-order valence-corrected chi connectivity index (χ0v) is 26.1. The second-order valence-electron chi connectivity index (χ2n) is 11.8. The van der Waals surface area contributed by atoms with Gasteiger partial charge in [-0.05, 0) is 70.6 Å². The van der Waals surface area contributed by atoms with Gasteiger partial charge in [0.15, 0.2) is 0 Å². The zero-order valence-electron chi connectivity index (χ0n) is 30.1. The number of fused-ring (bicyclic) bond motifs is 4. The Hall–Kier alpha value is -6.38. The molecule has 0 radical (unpaired) electrons. The third kappa shape index (κ3) is 4.66. The van der Waals surface area contributed by atoms with Crippen molar-refractivity contribution in [3.63, 3.8) is 0 Å². The van der Waals surface area contributed by atoms with Crippen LogP contribution in [0.1, 0.15) is 5.48 Å². The van der Waals surface area contributed by atoms with E-state index in [1.54, 1.807) is 0 Å². The minimum absolute atomic E-state index is 0.0852. The van der Waals surface area contributed by atoms with E-state index in [0.717, 1.165) is 60.8 Å². The Bertz CT molecular complexity index is 2760. The summed E-state index contributed by atoms with van der Waals surface area (Å²) in [6.45, 7) is 0. The van der Waals surface area contributed by atoms with Gasteiger partial charge in [0.25, 0.3) is 0 Å². The standard InChI is InChI=1S/C46H32N2/c1-3-15-33(16-4-1)34-29-31-37(32-30-34)47(42-27-13-18-35-17-7-8-21-38(35)42)43-25-11-9-22-39(43)40-24-14-28-45-46(40)41-23-10-12-26-44(41)48(45)36-19-5-2-6-20-36/h1-32H/i29D,30D,31D,32D. The average molecular weight is 617 g/mol. The van der Waals surface area contributed by atoms with Crippen molar-refractivity contribution >= 4 is 49.6 Å². The van der Waals surface area contributed by atoms with E-state index in [2.05, 4.69) is 89.5 Å². The Labute approximate surface area is 286 Å². The van der Waals surface area contributed by atoms with Crippen molar-refractivity contribution in [2.75, 3.05) is 4.90 Å². The van der Waals surface area contributed by atoms with Gasteiger partial charge in [-0.2, -0.15) is 0 Å². The Morgan fingerprint density at radius 3 is 1.83 bits per heavy atom. The van der Waals surface area contributed by atoms with Gasteiger partial charge in [-0.3, -0.25) is 0 Å². The fraction of sp³-hybridized carbons (Fsp3) is 0. The molecule has 0 fully saturated rings.